The lowest BCUT2D eigenvalue weighted by Crippen LogP contribution is -2.52. The lowest BCUT2D eigenvalue weighted by molar-refractivity contribution is -0.147. The molecule has 3 rings (SSSR count). The minimum Gasteiger partial charge on any atom is -0.480 e. The van der Waals surface area contributed by atoms with Crippen LogP contribution in [0, 0.1) is 5.92 Å². The summed E-state index contributed by atoms with van der Waals surface area (Å²) in [5, 5.41) is 12.2. The Bertz CT molecular complexity index is 684. The first-order valence-electron chi connectivity index (χ1n) is 9.08. The predicted octanol–water partition coefficient (Wildman–Crippen LogP) is 2.13. The number of carboxylic acids is 1. The Morgan fingerprint density at radius 2 is 1.92 bits per heavy atom. The third kappa shape index (κ3) is 4.22. The van der Waals surface area contributed by atoms with E-state index in [0.29, 0.717) is 17.9 Å². The van der Waals surface area contributed by atoms with E-state index in [2.05, 4.69) is 5.32 Å². The van der Waals surface area contributed by atoms with Crippen molar-refractivity contribution in [3.8, 4) is 0 Å². The molecule has 1 aliphatic carbocycles. The van der Waals surface area contributed by atoms with Crippen LogP contribution in [-0.4, -0.2) is 53.6 Å². The molecule has 1 aromatic carbocycles. The van der Waals surface area contributed by atoms with E-state index in [0.717, 1.165) is 25.7 Å². The molecule has 26 heavy (non-hydrogen) atoms. The summed E-state index contributed by atoms with van der Waals surface area (Å²) in [6.45, 7) is 0.529. The van der Waals surface area contributed by atoms with Gasteiger partial charge in [0.05, 0.1) is 13.2 Å². The van der Waals surface area contributed by atoms with Crippen LogP contribution in [0.2, 0.25) is 0 Å². The van der Waals surface area contributed by atoms with Gasteiger partial charge in [-0.05, 0) is 31.0 Å². The van der Waals surface area contributed by atoms with Crippen molar-refractivity contribution in [1.29, 1.82) is 0 Å². The fourth-order valence-corrected chi connectivity index (χ4v) is 3.56. The molecule has 7 heteroatoms. The van der Waals surface area contributed by atoms with Gasteiger partial charge in [-0.3, -0.25) is 9.59 Å². The molecule has 1 aromatic rings. The first kappa shape index (κ1) is 18.4. The number of morpholine rings is 1. The zero-order valence-corrected chi connectivity index (χ0v) is 14.6. The summed E-state index contributed by atoms with van der Waals surface area (Å²) in [6.07, 6.45) is 5.13. The first-order chi connectivity index (χ1) is 12.6. The monoisotopic (exact) mass is 360 g/mol. The second-order valence-electron chi connectivity index (χ2n) is 6.83. The van der Waals surface area contributed by atoms with Gasteiger partial charge in [-0.1, -0.05) is 25.3 Å². The van der Waals surface area contributed by atoms with E-state index in [1.165, 1.54) is 11.3 Å². The fraction of sp³-hybridized carbons (Fsp3) is 0.526. The lowest BCUT2D eigenvalue weighted by Gasteiger charge is -2.33. The number of nitrogens with one attached hydrogen (secondary N) is 1. The summed E-state index contributed by atoms with van der Waals surface area (Å²) < 4.78 is 5.17. The molecule has 0 radical (unpaired) electrons. The number of nitrogens with zero attached hydrogens (tertiary/aromatic N) is 1. The number of carboxylic acid groups (broad SMARTS) is 1. The van der Waals surface area contributed by atoms with E-state index < -0.39 is 12.0 Å². The van der Waals surface area contributed by atoms with Gasteiger partial charge >= 0.3 is 5.97 Å². The van der Waals surface area contributed by atoms with Crippen LogP contribution in [0.4, 0.5) is 5.69 Å². The van der Waals surface area contributed by atoms with Crippen LogP contribution in [0.15, 0.2) is 24.3 Å². The number of amides is 2. The van der Waals surface area contributed by atoms with Crippen LogP contribution in [0.5, 0.6) is 0 Å². The molecule has 1 aliphatic heterocycles. The number of rotatable bonds is 4. The Morgan fingerprint density at radius 1 is 1.15 bits per heavy atom. The maximum atomic E-state index is 12.7. The number of hydrogen-bond donors (Lipinski definition) is 2. The molecule has 0 aromatic heterocycles. The number of ether oxygens (including phenoxy) is 1. The quantitative estimate of drug-likeness (QED) is 0.857. The van der Waals surface area contributed by atoms with Gasteiger partial charge in [0.25, 0.3) is 5.91 Å². The van der Waals surface area contributed by atoms with Crippen molar-refractivity contribution in [3.05, 3.63) is 29.8 Å². The molecule has 0 spiro atoms. The lowest BCUT2D eigenvalue weighted by atomic mass is 9.88. The number of carbonyl (C=O) groups is 3. The molecule has 1 saturated carbocycles. The van der Waals surface area contributed by atoms with Crippen LogP contribution in [0.25, 0.3) is 0 Å². The normalized spacial score (nSPS) is 21.2. The third-order valence-electron chi connectivity index (χ3n) is 5.03. The van der Waals surface area contributed by atoms with Crippen LogP contribution in [0.1, 0.15) is 42.5 Å². The standard InChI is InChI=1S/C19H24N2O5/c22-17(13-5-2-1-3-6-13)20-15-8-4-7-14(11-15)18(23)21-9-10-26-12-16(21)19(24)25/h4,7-8,11,13,16H,1-3,5-6,9-10,12H2,(H,20,22)(H,24,25). The highest BCUT2D eigenvalue weighted by atomic mass is 16.5. The minimum absolute atomic E-state index is 0.0101. The van der Waals surface area contributed by atoms with Crippen molar-refractivity contribution >= 4 is 23.5 Å². The minimum atomic E-state index is -1.08. The van der Waals surface area contributed by atoms with E-state index >= 15 is 0 Å². The van der Waals surface area contributed by atoms with Crippen molar-refractivity contribution < 1.29 is 24.2 Å². The zero-order chi connectivity index (χ0) is 18.5. The SMILES string of the molecule is O=C(Nc1cccc(C(=O)N2CCOCC2C(=O)O)c1)C1CCCCC1. The first-order valence-corrected chi connectivity index (χ1v) is 9.08. The van der Waals surface area contributed by atoms with Gasteiger partial charge in [0.15, 0.2) is 6.04 Å². The largest absolute Gasteiger partial charge is 0.480 e. The molecule has 2 fully saturated rings. The average molecular weight is 360 g/mol. The van der Waals surface area contributed by atoms with E-state index in [1.54, 1.807) is 24.3 Å². The average Bonchev–Trinajstić information content (AvgIpc) is 2.68. The van der Waals surface area contributed by atoms with Crippen molar-refractivity contribution in [1.82, 2.24) is 4.90 Å². The highest BCUT2D eigenvalue weighted by molar-refractivity contribution is 5.99. The maximum absolute atomic E-state index is 12.7. The summed E-state index contributed by atoms with van der Waals surface area (Å²) in [6, 6.07) is 5.69. The maximum Gasteiger partial charge on any atom is 0.328 e. The smallest absolute Gasteiger partial charge is 0.328 e. The molecule has 7 nitrogen and oxygen atoms in total. The second-order valence-corrected chi connectivity index (χ2v) is 6.83. The van der Waals surface area contributed by atoms with Crippen LogP contribution < -0.4 is 5.32 Å². The molecular formula is C19H24N2O5. The molecule has 2 aliphatic rings. The summed E-state index contributed by atoms with van der Waals surface area (Å²) in [5.41, 5.74) is 0.922. The number of carbonyl (C=O) groups excluding carboxylic acids is 2. The van der Waals surface area contributed by atoms with Crippen molar-refractivity contribution in [3.63, 3.8) is 0 Å². The number of benzene rings is 1. The van der Waals surface area contributed by atoms with Gasteiger partial charge in [-0.25, -0.2) is 4.79 Å². The zero-order valence-electron chi connectivity index (χ0n) is 14.6. The van der Waals surface area contributed by atoms with Crippen LogP contribution in [-0.2, 0) is 14.3 Å². The second kappa shape index (κ2) is 8.31. The third-order valence-corrected chi connectivity index (χ3v) is 5.03. The van der Waals surface area contributed by atoms with Gasteiger partial charge in [-0.15, -0.1) is 0 Å². The molecule has 1 atom stereocenters. The van der Waals surface area contributed by atoms with Gasteiger partial charge in [-0.2, -0.15) is 0 Å². The van der Waals surface area contributed by atoms with Gasteiger partial charge in [0.1, 0.15) is 0 Å². The molecule has 0 bridgehead atoms. The Morgan fingerprint density at radius 3 is 2.65 bits per heavy atom. The predicted molar refractivity (Wildman–Crippen MR) is 94.9 cm³/mol. The molecule has 2 N–H and O–H groups in total. The molecule has 1 unspecified atom stereocenters. The number of hydrogen-bond acceptors (Lipinski definition) is 4. The van der Waals surface area contributed by atoms with Crippen LogP contribution >= 0.6 is 0 Å². The van der Waals surface area contributed by atoms with Crippen LogP contribution in [0.3, 0.4) is 0 Å². The molecule has 140 valence electrons. The van der Waals surface area contributed by atoms with Gasteiger partial charge < -0.3 is 20.1 Å². The Kier molecular flexibility index (Phi) is 5.88. The summed E-state index contributed by atoms with van der Waals surface area (Å²) in [5.74, 6) is -1.43. The highest BCUT2D eigenvalue weighted by Crippen LogP contribution is 2.25. The number of aliphatic carboxylic acids is 1. The van der Waals surface area contributed by atoms with Gasteiger partial charge in [0, 0.05) is 23.7 Å². The Hall–Kier alpha value is -2.41. The van der Waals surface area contributed by atoms with E-state index in [4.69, 9.17) is 4.74 Å². The molecule has 1 heterocycles. The summed E-state index contributed by atoms with van der Waals surface area (Å²) in [4.78, 5) is 37.8. The van der Waals surface area contributed by atoms with Gasteiger partial charge in [0.2, 0.25) is 5.91 Å². The Labute approximate surface area is 152 Å². The molecule has 2 amide bonds. The summed E-state index contributed by atoms with van der Waals surface area (Å²) in [7, 11) is 0. The summed E-state index contributed by atoms with van der Waals surface area (Å²) >= 11 is 0. The van der Waals surface area contributed by atoms with E-state index in [-0.39, 0.29) is 30.9 Å². The molecular weight excluding hydrogens is 336 g/mol. The molecule has 1 saturated heterocycles. The Balaban J connectivity index is 1.70. The van der Waals surface area contributed by atoms with Crippen molar-refractivity contribution in [2.24, 2.45) is 5.92 Å². The van der Waals surface area contributed by atoms with Crippen molar-refractivity contribution in [2.75, 3.05) is 25.1 Å². The number of anilines is 1. The highest BCUT2D eigenvalue weighted by Gasteiger charge is 2.33. The van der Waals surface area contributed by atoms with E-state index in [9.17, 15) is 19.5 Å². The van der Waals surface area contributed by atoms with E-state index in [1.807, 2.05) is 0 Å². The van der Waals surface area contributed by atoms with Crippen molar-refractivity contribution in [2.45, 2.75) is 38.1 Å². The topological polar surface area (TPSA) is 95.9 Å². The fourth-order valence-electron chi connectivity index (χ4n) is 3.56.